The van der Waals surface area contributed by atoms with Gasteiger partial charge in [-0.1, -0.05) is 0 Å². The third-order valence-electron chi connectivity index (χ3n) is 3.97. The minimum Gasteiger partial charge on any atom is -0.385 e. The molecule has 2 rings (SSSR count). The van der Waals surface area contributed by atoms with Crippen molar-refractivity contribution in [1.82, 2.24) is 9.80 Å². The number of hydrogen-bond donors (Lipinski definition) is 0. The maximum Gasteiger partial charge on any atom is 0.246 e. The Kier molecular flexibility index (Phi) is 4.22. The van der Waals surface area contributed by atoms with E-state index in [1.807, 2.05) is 6.92 Å². The van der Waals surface area contributed by atoms with Gasteiger partial charge in [-0.3, -0.25) is 9.59 Å². The maximum atomic E-state index is 12.4. The number of nitrogens with zero attached hydrogens (tertiary/aromatic N) is 2. The average Bonchev–Trinajstić information content (AvgIpc) is 2.40. The molecule has 5 nitrogen and oxygen atoms in total. The lowest BCUT2D eigenvalue weighted by Crippen LogP contribution is -2.63. The van der Waals surface area contributed by atoms with E-state index < -0.39 is 0 Å². The first-order valence-corrected chi connectivity index (χ1v) is 6.74. The van der Waals surface area contributed by atoms with Gasteiger partial charge in [0.1, 0.15) is 12.6 Å². The minimum absolute atomic E-state index is 0.0745. The van der Waals surface area contributed by atoms with Crippen molar-refractivity contribution in [1.29, 1.82) is 0 Å². The first kappa shape index (κ1) is 13.3. The molecule has 0 bridgehead atoms. The summed E-state index contributed by atoms with van der Waals surface area (Å²) >= 11 is 0. The normalized spacial score (nSPS) is 26.2. The van der Waals surface area contributed by atoms with E-state index in [1.165, 1.54) is 0 Å². The third kappa shape index (κ3) is 2.51. The van der Waals surface area contributed by atoms with E-state index in [0.717, 1.165) is 32.2 Å². The zero-order valence-corrected chi connectivity index (χ0v) is 11.2. The quantitative estimate of drug-likeness (QED) is 0.739. The number of piperazine rings is 1. The van der Waals surface area contributed by atoms with E-state index in [2.05, 4.69) is 0 Å². The van der Waals surface area contributed by atoms with Crippen molar-refractivity contribution < 1.29 is 14.3 Å². The van der Waals surface area contributed by atoms with Crippen molar-refractivity contribution in [3.63, 3.8) is 0 Å². The van der Waals surface area contributed by atoms with Gasteiger partial charge < -0.3 is 14.5 Å². The fourth-order valence-corrected chi connectivity index (χ4v) is 2.81. The number of carbonyl (C=O) groups is 2. The molecule has 18 heavy (non-hydrogen) atoms. The molecule has 2 aliphatic heterocycles. The molecule has 0 spiro atoms. The molecule has 0 N–H and O–H groups in total. The Morgan fingerprint density at radius 3 is 2.89 bits per heavy atom. The van der Waals surface area contributed by atoms with Gasteiger partial charge in [0.15, 0.2) is 0 Å². The number of methoxy groups -OCH3 is 1. The van der Waals surface area contributed by atoms with Crippen molar-refractivity contribution in [2.45, 2.75) is 44.7 Å². The Bertz CT molecular complexity index is 332. The van der Waals surface area contributed by atoms with Crippen LogP contribution in [-0.2, 0) is 14.3 Å². The van der Waals surface area contributed by atoms with Crippen LogP contribution in [0.5, 0.6) is 0 Å². The molecule has 0 radical (unpaired) electrons. The highest BCUT2D eigenvalue weighted by atomic mass is 16.5. The van der Waals surface area contributed by atoms with Crippen LogP contribution in [-0.4, -0.2) is 60.5 Å². The molecule has 2 amide bonds. The molecule has 2 fully saturated rings. The molecule has 0 aromatic carbocycles. The first-order chi connectivity index (χ1) is 8.65. The van der Waals surface area contributed by atoms with Crippen molar-refractivity contribution in [2.75, 3.05) is 26.8 Å². The summed E-state index contributed by atoms with van der Waals surface area (Å²) in [5, 5.41) is 0. The van der Waals surface area contributed by atoms with Crippen LogP contribution in [0.25, 0.3) is 0 Å². The molecule has 2 atom stereocenters. The van der Waals surface area contributed by atoms with E-state index in [1.54, 1.807) is 16.9 Å². The van der Waals surface area contributed by atoms with Gasteiger partial charge in [-0.2, -0.15) is 0 Å². The second-order valence-corrected chi connectivity index (χ2v) is 5.20. The van der Waals surface area contributed by atoms with Crippen LogP contribution in [0.4, 0.5) is 0 Å². The van der Waals surface area contributed by atoms with E-state index in [0.29, 0.717) is 6.61 Å². The zero-order valence-electron chi connectivity index (χ0n) is 11.2. The number of ether oxygens (including phenoxy) is 1. The molecular weight excluding hydrogens is 232 g/mol. The van der Waals surface area contributed by atoms with Crippen LogP contribution in [0, 0.1) is 0 Å². The lowest BCUT2D eigenvalue weighted by atomic mass is 9.97. The largest absolute Gasteiger partial charge is 0.385 e. The van der Waals surface area contributed by atoms with Gasteiger partial charge in [0.05, 0.1) is 0 Å². The van der Waals surface area contributed by atoms with Crippen molar-refractivity contribution >= 4 is 11.8 Å². The van der Waals surface area contributed by atoms with E-state index in [9.17, 15) is 9.59 Å². The molecule has 2 heterocycles. The number of carbonyl (C=O) groups excluding carboxylic acids is 2. The molecule has 0 aromatic heterocycles. The summed E-state index contributed by atoms with van der Waals surface area (Å²) in [4.78, 5) is 28.0. The van der Waals surface area contributed by atoms with Crippen LogP contribution >= 0.6 is 0 Å². The fraction of sp³-hybridized carbons (Fsp3) is 0.846. The highest BCUT2D eigenvalue weighted by molar-refractivity contribution is 5.95. The maximum absolute atomic E-state index is 12.4. The third-order valence-corrected chi connectivity index (χ3v) is 3.97. The smallest absolute Gasteiger partial charge is 0.246 e. The lowest BCUT2D eigenvalue weighted by Gasteiger charge is -2.44. The monoisotopic (exact) mass is 254 g/mol. The highest BCUT2D eigenvalue weighted by Gasteiger charge is 2.41. The van der Waals surface area contributed by atoms with E-state index in [-0.39, 0.29) is 30.4 Å². The average molecular weight is 254 g/mol. The van der Waals surface area contributed by atoms with Gasteiger partial charge in [0, 0.05) is 26.3 Å². The SMILES string of the molecule is COCCC(C)N1CC(=O)N2CCCCC2C1=O. The highest BCUT2D eigenvalue weighted by Crippen LogP contribution is 2.24. The summed E-state index contributed by atoms with van der Waals surface area (Å²) in [6.07, 6.45) is 3.66. The van der Waals surface area contributed by atoms with Crippen LogP contribution in [0.1, 0.15) is 32.6 Å². The van der Waals surface area contributed by atoms with Gasteiger partial charge in [-0.05, 0) is 32.6 Å². The summed E-state index contributed by atoms with van der Waals surface area (Å²) < 4.78 is 5.04. The van der Waals surface area contributed by atoms with Gasteiger partial charge in [-0.15, -0.1) is 0 Å². The summed E-state index contributed by atoms with van der Waals surface area (Å²) in [6.45, 7) is 3.59. The van der Waals surface area contributed by atoms with Gasteiger partial charge >= 0.3 is 0 Å². The Morgan fingerprint density at radius 1 is 1.39 bits per heavy atom. The summed E-state index contributed by atoms with van der Waals surface area (Å²) in [5.41, 5.74) is 0. The second-order valence-electron chi connectivity index (χ2n) is 5.20. The molecule has 0 aliphatic carbocycles. The molecule has 2 unspecified atom stereocenters. The van der Waals surface area contributed by atoms with Crippen molar-refractivity contribution in [3.05, 3.63) is 0 Å². The van der Waals surface area contributed by atoms with E-state index >= 15 is 0 Å². The Hall–Kier alpha value is -1.10. The Labute approximate surface area is 108 Å². The molecule has 0 saturated carbocycles. The summed E-state index contributed by atoms with van der Waals surface area (Å²) in [7, 11) is 1.65. The molecule has 2 aliphatic rings. The number of piperidine rings is 1. The van der Waals surface area contributed by atoms with E-state index in [4.69, 9.17) is 4.74 Å². The molecule has 0 aromatic rings. The second kappa shape index (κ2) is 5.69. The first-order valence-electron chi connectivity index (χ1n) is 6.74. The predicted molar refractivity (Wildman–Crippen MR) is 67.0 cm³/mol. The minimum atomic E-state index is -0.204. The molecule has 102 valence electrons. The number of fused-ring (bicyclic) bond motifs is 1. The van der Waals surface area contributed by atoms with Crippen LogP contribution in [0.15, 0.2) is 0 Å². The summed E-state index contributed by atoms with van der Waals surface area (Å²) in [5.74, 6) is 0.224. The van der Waals surface area contributed by atoms with Crippen LogP contribution < -0.4 is 0 Å². The van der Waals surface area contributed by atoms with Crippen molar-refractivity contribution in [2.24, 2.45) is 0 Å². The number of hydrogen-bond acceptors (Lipinski definition) is 3. The lowest BCUT2D eigenvalue weighted by molar-refractivity contribution is -0.160. The Morgan fingerprint density at radius 2 is 2.17 bits per heavy atom. The summed E-state index contributed by atoms with van der Waals surface area (Å²) in [6, 6.07) is -0.129. The number of amides is 2. The van der Waals surface area contributed by atoms with Crippen molar-refractivity contribution in [3.8, 4) is 0 Å². The predicted octanol–water partition coefficient (Wildman–Crippen LogP) is 0.635. The number of rotatable bonds is 4. The van der Waals surface area contributed by atoms with Gasteiger partial charge in [-0.25, -0.2) is 0 Å². The van der Waals surface area contributed by atoms with Crippen LogP contribution in [0.3, 0.4) is 0 Å². The van der Waals surface area contributed by atoms with Gasteiger partial charge in [0.2, 0.25) is 11.8 Å². The zero-order chi connectivity index (χ0) is 13.1. The fourth-order valence-electron chi connectivity index (χ4n) is 2.81. The van der Waals surface area contributed by atoms with Gasteiger partial charge in [0.25, 0.3) is 0 Å². The van der Waals surface area contributed by atoms with Crippen LogP contribution in [0.2, 0.25) is 0 Å². The standard InChI is InChI=1S/C13H22N2O3/c1-10(6-8-18-2)15-9-12(16)14-7-4-3-5-11(14)13(15)17/h10-11H,3-9H2,1-2H3. The Balaban J connectivity index is 2.04. The molecule has 5 heteroatoms. The molecular formula is C13H22N2O3. The molecule has 2 saturated heterocycles. The topological polar surface area (TPSA) is 49.9 Å².